The molecule has 1 aliphatic rings. The first-order valence-electron chi connectivity index (χ1n) is 7.60. The van der Waals surface area contributed by atoms with Crippen LogP contribution in [0.4, 0.5) is 10.1 Å². The van der Waals surface area contributed by atoms with Crippen molar-refractivity contribution >= 4 is 41.0 Å². The van der Waals surface area contributed by atoms with Crippen LogP contribution in [0.1, 0.15) is 5.56 Å². The van der Waals surface area contributed by atoms with Crippen LogP contribution in [-0.2, 0) is 4.79 Å². The molecule has 0 saturated carbocycles. The number of ether oxygens (including phenoxy) is 1. The number of allylic oxidation sites excluding steroid dienone is 1. The molecule has 8 heteroatoms. The van der Waals surface area contributed by atoms with E-state index in [2.05, 4.69) is 9.71 Å². The summed E-state index contributed by atoms with van der Waals surface area (Å²) in [7, 11) is 3.31. The molecule has 1 heterocycles. The molecule has 0 spiro atoms. The van der Waals surface area contributed by atoms with Crippen LogP contribution in [0.2, 0.25) is 5.02 Å². The Kier molecular flexibility index (Phi) is 5.49. The van der Waals surface area contributed by atoms with Gasteiger partial charge >= 0.3 is 0 Å². The Morgan fingerprint density at radius 1 is 1.31 bits per heavy atom. The molecular formula is C18H15ClFN3O2S. The third-order valence-corrected chi connectivity index (χ3v) is 4.68. The number of rotatable bonds is 4. The molecule has 2 aromatic rings. The number of benzene rings is 2. The van der Waals surface area contributed by atoms with E-state index < -0.39 is 5.82 Å². The summed E-state index contributed by atoms with van der Waals surface area (Å²) in [6.07, 6.45) is 1.68. The molecule has 3 rings (SSSR count). The summed E-state index contributed by atoms with van der Waals surface area (Å²) in [4.78, 5) is 12.6. The number of hydrogen-bond acceptors (Lipinski definition) is 5. The molecule has 0 saturated heterocycles. The zero-order valence-corrected chi connectivity index (χ0v) is 15.6. The fourth-order valence-electron chi connectivity index (χ4n) is 2.36. The first-order valence-corrected chi connectivity index (χ1v) is 8.71. The van der Waals surface area contributed by atoms with Crippen LogP contribution >= 0.6 is 23.7 Å². The van der Waals surface area contributed by atoms with Crippen LogP contribution in [0, 0.1) is 5.82 Å². The van der Waals surface area contributed by atoms with Gasteiger partial charge in [0.05, 0.1) is 30.0 Å². The molecule has 0 aliphatic carbocycles. The minimum atomic E-state index is -0.542. The Balaban J connectivity index is 1.87. The summed E-state index contributed by atoms with van der Waals surface area (Å²) in [6, 6.07) is 11.4. The molecule has 5 nitrogen and oxygen atoms in total. The van der Waals surface area contributed by atoms with E-state index in [0.29, 0.717) is 22.8 Å². The zero-order valence-electron chi connectivity index (χ0n) is 14.0. The highest BCUT2D eigenvalue weighted by Gasteiger charge is 2.22. The molecular weight excluding hydrogens is 377 g/mol. The standard InChI is InChI=1S/C18H15ClFN3O2S/c1-23-16(18(24)21-11-7-8-14(20)13(19)9-11)10-15(22-26-23)12-5-3-4-6-17(12)25-2/h3-10H,1-2H3,(H,21,24). The van der Waals surface area contributed by atoms with Crippen molar-refractivity contribution in [3.8, 4) is 5.75 Å². The van der Waals surface area contributed by atoms with Crippen LogP contribution in [0.3, 0.4) is 0 Å². The van der Waals surface area contributed by atoms with E-state index in [0.717, 1.165) is 17.7 Å². The van der Waals surface area contributed by atoms with Crippen LogP contribution in [0.15, 0.2) is 58.6 Å². The van der Waals surface area contributed by atoms with E-state index in [1.807, 2.05) is 24.3 Å². The van der Waals surface area contributed by atoms with Gasteiger partial charge in [-0.15, -0.1) is 0 Å². The van der Waals surface area contributed by atoms with Crippen molar-refractivity contribution in [3.63, 3.8) is 0 Å². The molecule has 0 bridgehead atoms. The van der Waals surface area contributed by atoms with Crippen molar-refractivity contribution in [2.24, 2.45) is 4.40 Å². The Morgan fingerprint density at radius 2 is 2.08 bits per heavy atom. The van der Waals surface area contributed by atoms with E-state index in [-0.39, 0.29) is 10.9 Å². The maximum absolute atomic E-state index is 13.3. The van der Waals surface area contributed by atoms with Gasteiger partial charge in [0.2, 0.25) is 0 Å². The van der Waals surface area contributed by atoms with Gasteiger partial charge in [-0.2, -0.15) is 4.40 Å². The maximum Gasteiger partial charge on any atom is 0.272 e. The van der Waals surface area contributed by atoms with E-state index in [1.165, 1.54) is 18.2 Å². The van der Waals surface area contributed by atoms with Crippen molar-refractivity contribution < 1.29 is 13.9 Å². The van der Waals surface area contributed by atoms with Gasteiger partial charge in [0.1, 0.15) is 17.3 Å². The third-order valence-electron chi connectivity index (χ3n) is 3.67. The first-order chi connectivity index (χ1) is 12.5. The summed E-state index contributed by atoms with van der Waals surface area (Å²) in [5.41, 5.74) is 2.20. The number of nitrogens with zero attached hydrogens (tertiary/aromatic N) is 2. The molecule has 1 aliphatic heterocycles. The number of para-hydroxylation sites is 1. The molecule has 0 aromatic heterocycles. The zero-order chi connectivity index (χ0) is 18.7. The second-order valence-corrected chi connectivity index (χ2v) is 6.67. The summed E-state index contributed by atoms with van der Waals surface area (Å²) >= 11 is 6.90. The number of anilines is 1. The number of methoxy groups -OCH3 is 1. The van der Waals surface area contributed by atoms with Crippen LogP contribution in [0.5, 0.6) is 5.75 Å². The molecule has 1 amide bonds. The Hall–Kier alpha value is -2.51. The second kappa shape index (κ2) is 7.80. The van der Waals surface area contributed by atoms with E-state index in [4.69, 9.17) is 16.3 Å². The normalized spacial score (nSPS) is 13.8. The number of carbonyl (C=O) groups is 1. The number of amides is 1. The fraction of sp³-hybridized carbons (Fsp3) is 0.111. The van der Waals surface area contributed by atoms with Crippen molar-refractivity contribution in [2.45, 2.75) is 0 Å². The summed E-state index contributed by atoms with van der Waals surface area (Å²) in [5.74, 6) is -0.234. The van der Waals surface area contributed by atoms with Gasteiger partial charge in [0, 0.05) is 18.3 Å². The molecule has 134 valence electrons. The Morgan fingerprint density at radius 3 is 2.81 bits per heavy atom. The summed E-state index contributed by atoms with van der Waals surface area (Å²) in [5, 5.41) is 2.66. The minimum Gasteiger partial charge on any atom is -0.496 e. The smallest absolute Gasteiger partial charge is 0.272 e. The minimum absolute atomic E-state index is 0.0561. The fourth-order valence-corrected chi connectivity index (χ4v) is 3.12. The SMILES string of the molecule is COc1ccccc1C1=NSN(C)C(C(=O)Nc2ccc(F)c(Cl)c2)=C1. The highest BCUT2D eigenvalue weighted by atomic mass is 35.5. The van der Waals surface area contributed by atoms with Gasteiger partial charge in [-0.3, -0.25) is 9.10 Å². The second-order valence-electron chi connectivity index (χ2n) is 5.37. The van der Waals surface area contributed by atoms with E-state index in [9.17, 15) is 9.18 Å². The van der Waals surface area contributed by atoms with Crippen LogP contribution < -0.4 is 10.1 Å². The lowest BCUT2D eigenvalue weighted by Crippen LogP contribution is -2.26. The number of carbonyl (C=O) groups excluding carboxylic acids is 1. The van der Waals surface area contributed by atoms with Gasteiger partial charge in [0.15, 0.2) is 0 Å². The van der Waals surface area contributed by atoms with Crippen molar-refractivity contribution in [1.82, 2.24) is 4.31 Å². The van der Waals surface area contributed by atoms with Crippen molar-refractivity contribution in [2.75, 3.05) is 19.5 Å². The molecule has 2 aromatic carbocycles. The van der Waals surface area contributed by atoms with Crippen LogP contribution in [0.25, 0.3) is 0 Å². The number of nitrogens with one attached hydrogen (secondary N) is 1. The Bertz CT molecular complexity index is 917. The number of halogens is 2. The number of likely N-dealkylation sites (N-methyl/N-ethyl adjacent to an activating group) is 1. The van der Waals surface area contributed by atoms with Crippen molar-refractivity contribution in [1.29, 1.82) is 0 Å². The summed E-state index contributed by atoms with van der Waals surface area (Å²) < 4.78 is 24.7. The molecule has 26 heavy (non-hydrogen) atoms. The first kappa shape index (κ1) is 18.3. The third kappa shape index (κ3) is 3.84. The van der Waals surface area contributed by atoms with E-state index >= 15 is 0 Å². The summed E-state index contributed by atoms with van der Waals surface area (Å²) in [6.45, 7) is 0. The predicted octanol–water partition coefficient (Wildman–Crippen LogP) is 4.31. The van der Waals surface area contributed by atoms with Crippen LogP contribution in [-0.4, -0.2) is 30.1 Å². The highest BCUT2D eigenvalue weighted by molar-refractivity contribution is 7.96. The molecule has 0 fully saturated rings. The molecule has 0 atom stereocenters. The highest BCUT2D eigenvalue weighted by Crippen LogP contribution is 2.28. The lowest BCUT2D eigenvalue weighted by atomic mass is 10.1. The molecule has 1 N–H and O–H groups in total. The Labute approximate surface area is 159 Å². The quantitative estimate of drug-likeness (QED) is 0.789. The molecule has 0 radical (unpaired) electrons. The van der Waals surface area contributed by atoms with Gasteiger partial charge in [0.25, 0.3) is 5.91 Å². The average Bonchev–Trinajstić information content (AvgIpc) is 2.65. The largest absolute Gasteiger partial charge is 0.496 e. The van der Waals surface area contributed by atoms with Gasteiger partial charge in [-0.25, -0.2) is 4.39 Å². The van der Waals surface area contributed by atoms with Crippen molar-refractivity contribution in [3.05, 3.63) is 70.6 Å². The number of hydrogen-bond donors (Lipinski definition) is 1. The average molecular weight is 392 g/mol. The maximum atomic E-state index is 13.3. The monoisotopic (exact) mass is 391 g/mol. The molecule has 0 unspecified atom stereocenters. The van der Waals surface area contributed by atoms with Gasteiger partial charge in [-0.05, 0) is 36.4 Å². The van der Waals surface area contributed by atoms with E-state index in [1.54, 1.807) is 24.5 Å². The topological polar surface area (TPSA) is 53.9 Å². The van der Waals surface area contributed by atoms with Gasteiger partial charge in [-0.1, -0.05) is 23.7 Å². The predicted molar refractivity (Wildman–Crippen MR) is 103 cm³/mol. The lowest BCUT2D eigenvalue weighted by Gasteiger charge is -2.23. The van der Waals surface area contributed by atoms with Gasteiger partial charge < -0.3 is 10.1 Å². The lowest BCUT2D eigenvalue weighted by molar-refractivity contribution is -0.113.